The van der Waals surface area contributed by atoms with Crippen LogP contribution in [0.4, 0.5) is 4.79 Å². The number of cyclic esters (lactones) is 1. The Kier molecular flexibility index (Phi) is 6.21. The SMILES string of the molecule is CC(c1ccc(Br)cc1)N1CCC(CCC(C)(C)O)(C(C)C)OC1=O. The summed E-state index contributed by atoms with van der Waals surface area (Å²) in [7, 11) is 0. The van der Waals surface area contributed by atoms with Crippen LogP contribution in [0.25, 0.3) is 0 Å². The zero-order valence-electron chi connectivity index (χ0n) is 15.9. The van der Waals surface area contributed by atoms with E-state index in [0.717, 1.165) is 16.5 Å². The molecule has 4 nitrogen and oxygen atoms in total. The van der Waals surface area contributed by atoms with Gasteiger partial charge in [-0.05, 0) is 57.2 Å². The van der Waals surface area contributed by atoms with E-state index in [-0.39, 0.29) is 18.1 Å². The molecule has 2 rings (SSSR count). The van der Waals surface area contributed by atoms with E-state index in [1.807, 2.05) is 31.2 Å². The van der Waals surface area contributed by atoms with Crippen molar-refractivity contribution in [1.82, 2.24) is 4.90 Å². The Morgan fingerprint density at radius 1 is 1.28 bits per heavy atom. The first kappa shape index (κ1) is 20.2. The predicted molar refractivity (Wildman–Crippen MR) is 103 cm³/mol. The van der Waals surface area contributed by atoms with Crippen LogP contribution in [0.15, 0.2) is 28.7 Å². The molecule has 0 radical (unpaired) electrons. The third kappa shape index (κ3) is 4.98. The smallest absolute Gasteiger partial charge is 0.410 e. The molecular formula is C20H30BrNO3. The third-order valence-corrected chi connectivity index (χ3v) is 5.86. The highest BCUT2D eigenvalue weighted by Crippen LogP contribution is 2.39. The highest BCUT2D eigenvalue weighted by atomic mass is 79.9. The number of ether oxygens (including phenoxy) is 1. The summed E-state index contributed by atoms with van der Waals surface area (Å²) in [5.74, 6) is 0.212. The van der Waals surface area contributed by atoms with Crippen molar-refractivity contribution in [3.63, 3.8) is 0 Å². The second-order valence-electron chi connectivity index (χ2n) is 8.07. The van der Waals surface area contributed by atoms with E-state index in [2.05, 4.69) is 29.8 Å². The lowest BCUT2D eigenvalue weighted by molar-refractivity contribution is -0.0968. The van der Waals surface area contributed by atoms with E-state index in [0.29, 0.717) is 19.4 Å². The van der Waals surface area contributed by atoms with Gasteiger partial charge in [0.25, 0.3) is 0 Å². The van der Waals surface area contributed by atoms with Crippen molar-refractivity contribution < 1.29 is 14.6 Å². The van der Waals surface area contributed by atoms with Crippen LogP contribution >= 0.6 is 15.9 Å². The molecule has 1 amide bonds. The monoisotopic (exact) mass is 411 g/mol. The van der Waals surface area contributed by atoms with Gasteiger partial charge in [-0.1, -0.05) is 41.9 Å². The Labute approximate surface area is 159 Å². The highest BCUT2D eigenvalue weighted by molar-refractivity contribution is 9.10. The number of rotatable bonds is 6. The number of hydrogen-bond acceptors (Lipinski definition) is 3. The van der Waals surface area contributed by atoms with Crippen molar-refractivity contribution in [3.8, 4) is 0 Å². The van der Waals surface area contributed by atoms with Gasteiger partial charge in [0, 0.05) is 17.4 Å². The summed E-state index contributed by atoms with van der Waals surface area (Å²) in [4.78, 5) is 14.6. The van der Waals surface area contributed by atoms with Gasteiger partial charge < -0.3 is 14.7 Å². The van der Waals surface area contributed by atoms with Crippen LogP contribution < -0.4 is 0 Å². The maximum absolute atomic E-state index is 12.8. The fourth-order valence-electron chi connectivity index (χ4n) is 3.35. The average Bonchev–Trinajstić information content (AvgIpc) is 2.52. The van der Waals surface area contributed by atoms with Gasteiger partial charge in [-0.2, -0.15) is 0 Å². The number of carbonyl (C=O) groups is 1. The summed E-state index contributed by atoms with van der Waals surface area (Å²) in [5, 5.41) is 10.1. The number of carbonyl (C=O) groups excluding carboxylic acids is 1. The van der Waals surface area contributed by atoms with Crippen LogP contribution in [0.3, 0.4) is 0 Å². The summed E-state index contributed by atoms with van der Waals surface area (Å²) in [5.41, 5.74) is -0.155. The molecule has 25 heavy (non-hydrogen) atoms. The van der Waals surface area contributed by atoms with Crippen LogP contribution in [0.5, 0.6) is 0 Å². The first-order valence-electron chi connectivity index (χ1n) is 9.01. The molecule has 5 heteroatoms. The van der Waals surface area contributed by atoms with Gasteiger partial charge in [0.05, 0.1) is 11.6 Å². The number of halogens is 1. The van der Waals surface area contributed by atoms with Crippen molar-refractivity contribution in [1.29, 1.82) is 0 Å². The van der Waals surface area contributed by atoms with Gasteiger partial charge in [-0.3, -0.25) is 0 Å². The molecule has 0 aliphatic carbocycles. The molecule has 0 saturated carbocycles. The van der Waals surface area contributed by atoms with E-state index in [1.165, 1.54) is 0 Å². The fraction of sp³-hybridized carbons (Fsp3) is 0.650. The van der Waals surface area contributed by atoms with E-state index in [4.69, 9.17) is 4.74 Å². The molecule has 1 fully saturated rings. The van der Waals surface area contributed by atoms with E-state index >= 15 is 0 Å². The molecule has 0 bridgehead atoms. The molecule has 2 atom stereocenters. The second-order valence-corrected chi connectivity index (χ2v) is 8.99. The average molecular weight is 412 g/mol. The van der Waals surface area contributed by atoms with Gasteiger partial charge in [-0.15, -0.1) is 0 Å². The van der Waals surface area contributed by atoms with Gasteiger partial charge in [0.1, 0.15) is 5.60 Å². The molecule has 1 heterocycles. The Morgan fingerprint density at radius 2 is 1.88 bits per heavy atom. The first-order chi connectivity index (χ1) is 11.5. The van der Waals surface area contributed by atoms with Gasteiger partial charge in [-0.25, -0.2) is 4.79 Å². The molecule has 0 spiro atoms. The van der Waals surface area contributed by atoms with Crippen molar-refractivity contribution in [2.24, 2.45) is 5.92 Å². The molecule has 1 aliphatic rings. The largest absolute Gasteiger partial charge is 0.442 e. The zero-order chi connectivity index (χ0) is 18.8. The number of aliphatic hydroxyl groups is 1. The standard InChI is InChI=1S/C20H30BrNO3/c1-14(2)20(11-10-19(4,5)24)12-13-22(18(23)25-20)15(3)16-6-8-17(21)9-7-16/h6-9,14-15,24H,10-13H2,1-5H3. The summed E-state index contributed by atoms with van der Waals surface area (Å²) >= 11 is 3.44. The maximum Gasteiger partial charge on any atom is 0.410 e. The minimum Gasteiger partial charge on any atom is -0.442 e. The number of hydrogen-bond donors (Lipinski definition) is 1. The molecule has 1 aliphatic heterocycles. The maximum atomic E-state index is 12.8. The van der Waals surface area contributed by atoms with Crippen LogP contribution in [-0.4, -0.2) is 33.8 Å². The van der Waals surface area contributed by atoms with Crippen molar-refractivity contribution in [2.45, 2.75) is 71.1 Å². The van der Waals surface area contributed by atoms with Gasteiger partial charge in [0.15, 0.2) is 0 Å². The lowest BCUT2D eigenvalue weighted by atomic mass is 9.79. The predicted octanol–water partition coefficient (Wildman–Crippen LogP) is 5.30. The van der Waals surface area contributed by atoms with E-state index in [1.54, 1.807) is 18.7 Å². The molecular weight excluding hydrogens is 382 g/mol. The summed E-state index contributed by atoms with van der Waals surface area (Å²) in [6.45, 7) is 10.5. The van der Waals surface area contributed by atoms with Crippen molar-refractivity contribution in [2.75, 3.05) is 6.54 Å². The minimum absolute atomic E-state index is 0.0277. The molecule has 1 saturated heterocycles. The van der Waals surface area contributed by atoms with E-state index < -0.39 is 11.2 Å². The topological polar surface area (TPSA) is 49.8 Å². The molecule has 0 aromatic heterocycles. The summed E-state index contributed by atoms with van der Waals surface area (Å²) in [6.07, 6.45) is 1.82. The normalized spacial score (nSPS) is 22.9. The van der Waals surface area contributed by atoms with Crippen molar-refractivity contribution >= 4 is 22.0 Å². The number of benzene rings is 1. The third-order valence-electron chi connectivity index (χ3n) is 5.33. The molecule has 1 aromatic carbocycles. The van der Waals surface area contributed by atoms with Gasteiger partial charge >= 0.3 is 6.09 Å². The Bertz CT molecular complexity index is 594. The molecule has 140 valence electrons. The van der Waals surface area contributed by atoms with Crippen LogP contribution in [0.2, 0.25) is 0 Å². The van der Waals surface area contributed by atoms with Gasteiger partial charge in [0.2, 0.25) is 0 Å². The number of amides is 1. The Balaban J connectivity index is 2.11. The Morgan fingerprint density at radius 3 is 2.36 bits per heavy atom. The minimum atomic E-state index is -0.754. The van der Waals surface area contributed by atoms with Crippen LogP contribution in [0, 0.1) is 5.92 Å². The van der Waals surface area contributed by atoms with Crippen molar-refractivity contribution in [3.05, 3.63) is 34.3 Å². The lowest BCUT2D eigenvalue weighted by Gasteiger charge is -2.46. The molecule has 2 unspecified atom stereocenters. The fourth-order valence-corrected chi connectivity index (χ4v) is 3.61. The molecule has 1 aromatic rings. The Hall–Kier alpha value is -1.07. The van der Waals surface area contributed by atoms with Crippen LogP contribution in [0.1, 0.15) is 65.5 Å². The number of nitrogens with zero attached hydrogens (tertiary/aromatic N) is 1. The quantitative estimate of drug-likeness (QED) is 0.690. The van der Waals surface area contributed by atoms with Crippen LogP contribution in [-0.2, 0) is 4.74 Å². The summed E-state index contributed by atoms with van der Waals surface area (Å²) in [6, 6.07) is 8.01. The first-order valence-corrected chi connectivity index (χ1v) is 9.81. The molecule has 1 N–H and O–H groups in total. The summed E-state index contributed by atoms with van der Waals surface area (Å²) < 4.78 is 7.00. The highest BCUT2D eigenvalue weighted by Gasteiger charge is 2.44. The van der Waals surface area contributed by atoms with E-state index in [9.17, 15) is 9.90 Å². The second kappa shape index (κ2) is 7.67. The lowest BCUT2D eigenvalue weighted by Crippen LogP contribution is -2.53. The zero-order valence-corrected chi connectivity index (χ0v) is 17.5.